The number of carbonyl (C=O) groups excluding carboxylic acids is 1. The highest BCUT2D eigenvalue weighted by molar-refractivity contribution is 6.32. The molecule has 3 rings (SSSR count). The zero-order chi connectivity index (χ0) is 15.6. The van der Waals surface area contributed by atoms with Crippen molar-refractivity contribution >= 4 is 17.7 Å². The molecule has 2 aliphatic rings. The molecule has 1 amide bonds. The fourth-order valence-electron chi connectivity index (χ4n) is 3.25. The number of hydrogen-bond donors (Lipinski definition) is 3. The maximum absolute atomic E-state index is 9.64. The smallest absolute Gasteiger partial charge is 0.134 e. The average molecular weight is 312 g/mol. The minimum absolute atomic E-state index is 0.218. The van der Waals surface area contributed by atoms with Gasteiger partial charge in [-0.2, -0.15) is 0 Å². The van der Waals surface area contributed by atoms with Crippen molar-refractivity contribution in [3.63, 3.8) is 0 Å². The number of rotatable bonds is 1. The van der Waals surface area contributed by atoms with Gasteiger partial charge in [0, 0.05) is 19.0 Å². The van der Waals surface area contributed by atoms with E-state index in [0.29, 0.717) is 29.3 Å². The van der Waals surface area contributed by atoms with Crippen LogP contribution in [0.15, 0.2) is 12.1 Å². The highest BCUT2D eigenvalue weighted by atomic mass is 35.5. The van der Waals surface area contributed by atoms with Gasteiger partial charge in [-0.05, 0) is 48.6 Å². The third-order valence-corrected chi connectivity index (χ3v) is 4.57. The number of fused-ring (bicyclic) bond motifs is 3. The molecule has 116 valence electrons. The molecule has 1 aliphatic carbocycles. The summed E-state index contributed by atoms with van der Waals surface area (Å²) in [6.45, 7) is 6.48. The number of halogens is 1. The van der Waals surface area contributed by atoms with Gasteiger partial charge in [-0.25, -0.2) is 0 Å². The minimum Gasteiger partial charge on any atom is -0.530 e. The van der Waals surface area contributed by atoms with Crippen LogP contribution in [-0.2, 0) is 0 Å². The second-order valence-electron chi connectivity index (χ2n) is 5.47. The van der Waals surface area contributed by atoms with Crippen LogP contribution in [0.2, 0.25) is 5.02 Å². The van der Waals surface area contributed by atoms with Crippen molar-refractivity contribution in [1.29, 1.82) is 0 Å². The Balaban J connectivity index is 0.000000232. The van der Waals surface area contributed by atoms with Crippen LogP contribution in [0, 0.1) is 5.92 Å². The van der Waals surface area contributed by atoms with Crippen molar-refractivity contribution in [2.24, 2.45) is 5.92 Å². The van der Waals surface area contributed by atoms with Crippen LogP contribution in [-0.4, -0.2) is 30.8 Å². The molecular weight excluding hydrogens is 292 g/mol. The summed E-state index contributed by atoms with van der Waals surface area (Å²) >= 11 is 5.95. The maximum Gasteiger partial charge on any atom is 0.134 e. The van der Waals surface area contributed by atoms with E-state index >= 15 is 0 Å². The van der Waals surface area contributed by atoms with E-state index in [0.717, 1.165) is 13.1 Å². The summed E-state index contributed by atoms with van der Waals surface area (Å²) in [6, 6.07) is 3.79. The molecule has 1 heterocycles. The van der Waals surface area contributed by atoms with Gasteiger partial charge < -0.3 is 25.6 Å². The first-order chi connectivity index (χ1) is 9.95. The summed E-state index contributed by atoms with van der Waals surface area (Å²) in [5.41, 5.74) is 2.62. The van der Waals surface area contributed by atoms with Gasteiger partial charge in [0.15, 0.2) is 0 Å². The lowest BCUT2D eigenvalue weighted by Crippen LogP contribution is -2.35. The number of phenolic OH excluding ortho intramolecular Hbond substituents is 1. The minimum atomic E-state index is -1.21. The van der Waals surface area contributed by atoms with Crippen LogP contribution in [0.3, 0.4) is 0 Å². The van der Waals surface area contributed by atoms with E-state index in [2.05, 4.69) is 12.2 Å². The zero-order valence-corrected chi connectivity index (χ0v) is 12.9. The highest BCUT2D eigenvalue weighted by Gasteiger charge is 2.41. The molecule has 3 N–H and O–H groups in total. The Bertz CT molecular complexity index is 536. The largest absolute Gasteiger partial charge is 0.530 e. The molecular formula is C15H20ClN2O3-. The van der Waals surface area contributed by atoms with Crippen LogP contribution < -0.4 is 15.7 Å². The summed E-state index contributed by atoms with van der Waals surface area (Å²) < 4.78 is 0. The summed E-state index contributed by atoms with van der Waals surface area (Å²) in [4.78, 5) is 9.38. The Labute approximate surface area is 129 Å². The van der Waals surface area contributed by atoms with Crippen molar-refractivity contribution in [3.8, 4) is 5.75 Å². The van der Waals surface area contributed by atoms with Crippen molar-refractivity contribution in [3.05, 3.63) is 28.3 Å². The van der Waals surface area contributed by atoms with Gasteiger partial charge in [-0.3, -0.25) is 0 Å². The van der Waals surface area contributed by atoms with E-state index < -0.39 is 6.09 Å². The van der Waals surface area contributed by atoms with E-state index in [1.165, 1.54) is 11.1 Å². The van der Waals surface area contributed by atoms with Gasteiger partial charge in [-0.1, -0.05) is 18.5 Å². The van der Waals surface area contributed by atoms with Crippen LogP contribution in [0.1, 0.15) is 36.8 Å². The summed E-state index contributed by atoms with van der Waals surface area (Å²) in [7, 11) is 0. The molecule has 0 saturated carbocycles. The van der Waals surface area contributed by atoms with Gasteiger partial charge in [0.2, 0.25) is 0 Å². The molecule has 1 saturated heterocycles. The Kier molecular flexibility index (Phi) is 4.96. The van der Waals surface area contributed by atoms with Crippen LogP contribution >= 0.6 is 11.6 Å². The molecule has 0 aromatic heterocycles. The normalized spacial score (nSPS) is 25.6. The zero-order valence-electron chi connectivity index (χ0n) is 12.1. The molecule has 0 spiro atoms. The predicted molar refractivity (Wildman–Crippen MR) is 79.7 cm³/mol. The molecule has 1 fully saturated rings. The number of phenols is 1. The Morgan fingerprint density at radius 2 is 2.19 bits per heavy atom. The third-order valence-electron chi connectivity index (χ3n) is 4.27. The number of hydrogen-bond acceptors (Lipinski definition) is 4. The number of carbonyl (C=O) groups is 1. The van der Waals surface area contributed by atoms with Gasteiger partial charge >= 0.3 is 0 Å². The van der Waals surface area contributed by atoms with E-state index in [1.54, 1.807) is 6.92 Å². The van der Waals surface area contributed by atoms with Crippen molar-refractivity contribution in [2.75, 3.05) is 19.6 Å². The summed E-state index contributed by atoms with van der Waals surface area (Å²) in [5, 5.41) is 24.9. The Morgan fingerprint density at radius 1 is 1.48 bits per heavy atom. The van der Waals surface area contributed by atoms with Crippen LogP contribution in [0.4, 0.5) is 4.79 Å². The maximum atomic E-state index is 9.64. The van der Waals surface area contributed by atoms with Crippen molar-refractivity contribution in [2.45, 2.75) is 25.7 Å². The summed E-state index contributed by atoms with van der Waals surface area (Å²) in [6.07, 6.45) is -1.21. The molecule has 1 aromatic rings. The number of aromatic hydroxyl groups is 1. The molecule has 6 heteroatoms. The Morgan fingerprint density at radius 3 is 2.76 bits per heavy atom. The van der Waals surface area contributed by atoms with Crippen molar-refractivity contribution < 1.29 is 15.0 Å². The van der Waals surface area contributed by atoms with Gasteiger partial charge in [0.25, 0.3) is 0 Å². The highest BCUT2D eigenvalue weighted by Crippen LogP contribution is 2.50. The van der Waals surface area contributed by atoms with E-state index in [4.69, 9.17) is 11.6 Å². The lowest BCUT2D eigenvalue weighted by molar-refractivity contribution is -0.250. The number of nitrogens with one attached hydrogen (secondary N) is 2. The Hall–Kier alpha value is -1.46. The standard InChI is InChI=1S/C12H14ClNO.C3H7NO2/c1-6-7-2-11(13)12(15)3-8(7)10-5-14-4-9(6)10;1-2-4-3(5)6/h2-3,6,9-10,14-15H,4-5H2,1H3;4H,2H2,1H3,(H,5,6)/p-1. The molecule has 0 radical (unpaired) electrons. The van der Waals surface area contributed by atoms with Gasteiger partial charge in [0.05, 0.1) is 5.02 Å². The predicted octanol–water partition coefficient (Wildman–Crippen LogP) is 1.40. The van der Waals surface area contributed by atoms with E-state index in [1.807, 2.05) is 17.4 Å². The van der Waals surface area contributed by atoms with Gasteiger partial charge in [-0.15, -0.1) is 0 Å². The second kappa shape index (κ2) is 6.54. The molecule has 3 atom stereocenters. The SMILES string of the molecule is CC1c2cc(Cl)c(O)cc2C2CNCC12.CCNC(=O)[O-]. The monoisotopic (exact) mass is 311 g/mol. The number of amides is 1. The van der Waals surface area contributed by atoms with Crippen LogP contribution in [0.5, 0.6) is 5.75 Å². The first-order valence-corrected chi connectivity index (χ1v) is 7.51. The fourth-order valence-corrected chi connectivity index (χ4v) is 3.42. The molecule has 21 heavy (non-hydrogen) atoms. The van der Waals surface area contributed by atoms with Crippen LogP contribution in [0.25, 0.3) is 0 Å². The first kappa shape index (κ1) is 15.9. The number of benzene rings is 1. The van der Waals surface area contributed by atoms with E-state index in [-0.39, 0.29) is 5.75 Å². The quantitative estimate of drug-likeness (QED) is 0.732. The lowest BCUT2D eigenvalue weighted by Gasteiger charge is -2.12. The fraction of sp³-hybridized carbons (Fsp3) is 0.533. The molecule has 0 bridgehead atoms. The number of carboxylic acid groups (broad SMARTS) is 1. The molecule has 1 aliphatic heterocycles. The second-order valence-corrected chi connectivity index (χ2v) is 5.87. The topological polar surface area (TPSA) is 84.4 Å². The first-order valence-electron chi connectivity index (χ1n) is 7.13. The van der Waals surface area contributed by atoms with Gasteiger partial charge in [0.1, 0.15) is 11.8 Å². The average Bonchev–Trinajstić information content (AvgIpc) is 2.97. The lowest BCUT2D eigenvalue weighted by atomic mass is 9.91. The van der Waals surface area contributed by atoms with Crippen molar-refractivity contribution in [1.82, 2.24) is 10.6 Å². The molecule has 1 aromatic carbocycles. The summed E-state index contributed by atoms with van der Waals surface area (Å²) in [5.74, 6) is 2.02. The third kappa shape index (κ3) is 3.24. The van der Waals surface area contributed by atoms with E-state index in [9.17, 15) is 15.0 Å². The molecule has 3 unspecified atom stereocenters. The molecule has 5 nitrogen and oxygen atoms in total.